The van der Waals surface area contributed by atoms with Crippen molar-refractivity contribution in [2.24, 2.45) is 11.3 Å². The molecule has 3 atom stereocenters. The highest BCUT2D eigenvalue weighted by Gasteiger charge is 2.29. The van der Waals surface area contributed by atoms with Gasteiger partial charge in [-0.05, 0) is 31.1 Å². The monoisotopic (exact) mass is 197 g/mol. The van der Waals surface area contributed by atoms with Crippen LogP contribution in [0.2, 0.25) is 0 Å². The lowest BCUT2D eigenvalue weighted by molar-refractivity contribution is 0.240. The van der Waals surface area contributed by atoms with Gasteiger partial charge in [0.15, 0.2) is 0 Å². The summed E-state index contributed by atoms with van der Waals surface area (Å²) in [7, 11) is 0. The Morgan fingerprint density at radius 3 is 2.43 bits per heavy atom. The van der Waals surface area contributed by atoms with Crippen LogP contribution in [0.25, 0.3) is 0 Å². The Balaban J connectivity index is 2.43. The number of nitrogens with one attached hydrogen (secondary N) is 1. The lowest BCUT2D eigenvalue weighted by Gasteiger charge is -2.33. The topological polar surface area (TPSA) is 12.0 Å². The normalized spacial score (nSPS) is 30.6. The lowest BCUT2D eigenvalue weighted by atomic mass is 9.86. The first-order chi connectivity index (χ1) is 6.45. The second kappa shape index (κ2) is 4.65. The Morgan fingerprint density at radius 1 is 1.29 bits per heavy atom. The molecule has 14 heavy (non-hydrogen) atoms. The second-order valence-electron chi connectivity index (χ2n) is 5.96. The molecule has 0 bridgehead atoms. The molecule has 0 aliphatic heterocycles. The first kappa shape index (κ1) is 12.0. The van der Waals surface area contributed by atoms with Gasteiger partial charge in [-0.25, -0.2) is 0 Å². The van der Waals surface area contributed by atoms with E-state index in [9.17, 15) is 0 Å². The highest BCUT2D eigenvalue weighted by molar-refractivity contribution is 4.87. The zero-order valence-corrected chi connectivity index (χ0v) is 10.6. The molecule has 0 radical (unpaired) electrons. The van der Waals surface area contributed by atoms with Crippen LogP contribution < -0.4 is 5.32 Å². The standard InChI is InChI=1S/C13H27N/c1-6-11-8-7-9-12(11)14-10(2)13(3,4)5/h10-12,14H,6-9H2,1-5H3. The predicted molar refractivity (Wildman–Crippen MR) is 63.5 cm³/mol. The molecule has 0 aromatic carbocycles. The molecular weight excluding hydrogens is 170 g/mol. The maximum atomic E-state index is 3.82. The fourth-order valence-electron chi connectivity index (χ4n) is 2.32. The molecule has 1 aliphatic carbocycles. The van der Waals surface area contributed by atoms with Crippen molar-refractivity contribution in [2.75, 3.05) is 0 Å². The first-order valence-electron chi connectivity index (χ1n) is 6.21. The van der Waals surface area contributed by atoms with Gasteiger partial charge in [-0.2, -0.15) is 0 Å². The van der Waals surface area contributed by atoms with E-state index in [2.05, 4.69) is 39.9 Å². The van der Waals surface area contributed by atoms with Gasteiger partial charge >= 0.3 is 0 Å². The maximum Gasteiger partial charge on any atom is 0.00979 e. The van der Waals surface area contributed by atoms with Gasteiger partial charge in [0.05, 0.1) is 0 Å². The van der Waals surface area contributed by atoms with Crippen molar-refractivity contribution in [1.29, 1.82) is 0 Å². The van der Waals surface area contributed by atoms with Crippen molar-refractivity contribution in [3.63, 3.8) is 0 Å². The second-order valence-corrected chi connectivity index (χ2v) is 5.96. The van der Waals surface area contributed by atoms with E-state index in [0.29, 0.717) is 11.5 Å². The highest BCUT2D eigenvalue weighted by Crippen LogP contribution is 2.30. The average Bonchev–Trinajstić information content (AvgIpc) is 2.50. The molecule has 0 aromatic heterocycles. The van der Waals surface area contributed by atoms with Crippen LogP contribution in [-0.2, 0) is 0 Å². The van der Waals surface area contributed by atoms with Crippen molar-refractivity contribution < 1.29 is 0 Å². The first-order valence-corrected chi connectivity index (χ1v) is 6.21. The van der Waals surface area contributed by atoms with Crippen molar-refractivity contribution in [3.05, 3.63) is 0 Å². The molecular formula is C13H27N. The summed E-state index contributed by atoms with van der Waals surface area (Å²) in [6.45, 7) is 11.6. The van der Waals surface area contributed by atoms with Gasteiger partial charge in [0.1, 0.15) is 0 Å². The minimum atomic E-state index is 0.390. The van der Waals surface area contributed by atoms with Gasteiger partial charge in [-0.3, -0.25) is 0 Å². The Morgan fingerprint density at radius 2 is 1.93 bits per heavy atom. The minimum Gasteiger partial charge on any atom is -0.311 e. The number of rotatable bonds is 3. The van der Waals surface area contributed by atoms with Crippen LogP contribution in [0.4, 0.5) is 0 Å². The van der Waals surface area contributed by atoms with E-state index >= 15 is 0 Å². The molecule has 0 heterocycles. The Labute approximate surface area is 89.7 Å². The van der Waals surface area contributed by atoms with Crippen LogP contribution in [0.3, 0.4) is 0 Å². The molecule has 84 valence electrons. The van der Waals surface area contributed by atoms with Gasteiger partial charge in [0.2, 0.25) is 0 Å². The third-order valence-corrected chi connectivity index (χ3v) is 3.95. The third-order valence-electron chi connectivity index (χ3n) is 3.95. The van der Waals surface area contributed by atoms with Crippen molar-refractivity contribution >= 4 is 0 Å². The molecule has 3 unspecified atom stereocenters. The van der Waals surface area contributed by atoms with Crippen molar-refractivity contribution in [1.82, 2.24) is 5.32 Å². The molecule has 0 saturated heterocycles. The summed E-state index contributed by atoms with van der Waals surface area (Å²) in [6, 6.07) is 1.41. The summed E-state index contributed by atoms with van der Waals surface area (Å²) in [5.41, 5.74) is 0.390. The zero-order chi connectivity index (χ0) is 10.8. The van der Waals surface area contributed by atoms with Crippen LogP contribution in [0, 0.1) is 11.3 Å². The SMILES string of the molecule is CCC1CCCC1NC(C)C(C)(C)C. The number of hydrogen-bond donors (Lipinski definition) is 1. The molecule has 0 spiro atoms. The highest BCUT2D eigenvalue weighted by atomic mass is 15.0. The van der Waals surface area contributed by atoms with E-state index in [1.807, 2.05) is 0 Å². The molecule has 1 saturated carbocycles. The Bertz CT molecular complexity index is 169. The zero-order valence-electron chi connectivity index (χ0n) is 10.6. The summed E-state index contributed by atoms with van der Waals surface area (Å²) in [5, 5.41) is 3.82. The fourth-order valence-corrected chi connectivity index (χ4v) is 2.32. The van der Waals surface area contributed by atoms with E-state index in [0.717, 1.165) is 12.0 Å². The van der Waals surface area contributed by atoms with Crippen molar-refractivity contribution in [2.45, 2.75) is 72.4 Å². The van der Waals surface area contributed by atoms with Gasteiger partial charge in [-0.1, -0.05) is 40.5 Å². The molecule has 1 rings (SSSR count). The summed E-state index contributed by atoms with van der Waals surface area (Å²) in [4.78, 5) is 0. The molecule has 1 heteroatoms. The summed E-state index contributed by atoms with van der Waals surface area (Å²) in [5.74, 6) is 0.930. The van der Waals surface area contributed by atoms with E-state index < -0.39 is 0 Å². The smallest absolute Gasteiger partial charge is 0.00979 e. The molecule has 1 aliphatic rings. The van der Waals surface area contributed by atoms with Gasteiger partial charge < -0.3 is 5.32 Å². The number of hydrogen-bond acceptors (Lipinski definition) is 1. The van der Waals surface area contributed by atoms with Crippen LogP contribution in [0.1, 0.15) is 60.3 Å². The summed E-state index contributed by atoms with van der Waals surface area (Å²) in [6.07, 6.45) is 5.59. The quantitative estimate of drug-likeness (QED) is 0.729. The van der Waals surface area contributed by atoms with E-state index in [1.165, 1.54) is 25.7 Å². The van der Waals surface area contributed by atoms with Gasteiger partial charge in [0, 0.05) is 12.1 Å². The van der Waals surface area contributed by atoms with E-state index in [-0.39, 0.29) is 0 Å². The van der Waals surface area contributed by atoms with Crippen LogP contribution in [0.15, 0.2) is 0 Å². The van der Waals surface area contributed by atoms with Crippen LogP contribution >= 0.6 is 0 Å². The summed E-state index contributed by atoms with van der Waals surface area (Å²) < 4.78 is 0. The van der Waals surface area contributed by atoms with Gasteiger partial charge in [0.25, 0.3) is 0 Å². The van der Waals surface area contributed by atoms with E-state index in [4.69, 9.17) is 0 Å². The van der Waals surface area contributed by atoms with Crippen LogP contribution in [0.5, 0.6) is 0 Å². The minimum absolute atomic E-state index is 0.390. The van der Waals surface area contributed by atoms with Gasteiger partial charge in [-0.15, -0.1) is 0 Å². The predicted octanol–water partition coefficient (Wildman–Crippen LogP) is 3.59. The Hall–Kier alpha value is -0.0400. The molecule has 0 amide bonds. The largest absolute Gasteiger partial charge is 0.311 e. The summed E-state index contributed by atoms with van der Waals surface area (Å²) >= 11 is 0. The van der Waals surface area contributed by atoms with Crippen molar-refractivity contribution in [3.8, 4) is 0 Å². The molecule has 1 fully saturated rings. The van der Waals surface area contributed by atoms with Crippen LogP contribution in [-0.4, -0.2) is 12.1 Å². The molecule has 1 nitrogen and oxygen atoms in total. The Kier molecular flexibility index (Phi) is 4.00. The molecule has 1 N–H and O–H groups in total. The lowest BCUT2D eigenvalue weighted by Crippen LogP contribution is -2.45. The fraction of sp³-hybridized carbons (Fsp3) is 1.00. The van der Waals surface area contributed by atoms with E-state index in [1.54, 1.807) is 0 Å². The molecule has 0 aromatic rings. The third kappa shape index (κ3) is 2.98. The average molecular weight is 197 g/mol. The maximum absolute atomic E-state index is 3.82.